The first-order chi connectivity index (χ1) is 14.1. The molecule has 0 radical (unpaired) electrons. The van der Waals surface area contributed by atoms with Gasteiger partial charge in [0, 0.05) is 13.3 Å². The molecule has 0 amide bonds. The van der Waals surface area contributed by atoms with Crippen molar-refractivity contribution in [3.8, 4) is 0 Å². The van der Waals surface area contributed by atoms with Gasteiger partial charge in [0.1, 0.15) is 6.10 Å². The molecule has 166 valence electrons. The van der Waals surface area contributed by atoms with E-state index in [1.54, 1.807) is 0 Å². The highest BCUT2D eigenvalue weighted by molar-refractivity contribution is 5.83. The molecule has 0 aromatic carbocycles. The minimum atomic E-state index is -3.56. The maximum Gasteiger partial charge on any atom is 0.376 e. The summed E-state index contributed by atoms with van der Waals surface area (Å²) in [5, 5.41) is 0. The molecule has 5 rings (SSSR count). The first-order valence-electron chi connectivity index (χ1n) is 10.2. The minimum absolute atomic E-state index is 0.180. The summed E-state index contributed by atoms with van der Waals surface area (Å²) in [5.74, 6) is -7.21. The molecule has 0 N–H and O–H groups in total. The van der Waals surface area contributed by atoms with Crippen molar-refractivity contribution in [1.82, 2.24) is 0 Å². The number of esters is 4. The Bertz CT molecular complexity index is 744. The Balaban J connectivity index is 1.35. The predicted molar refractivity (Wildman–Crippen MR) is 92.9 cm³/mol. The lowest BCUT2D eigenvalue weighted by molar-refractivity contribution is -0.208. The van der Waals surface area contributed by atoms with Crippen LogP contribution in [-0.2, 0) is 38.1 Å². The van der Waals surface area contributed by atoms with Gasteiger partial charge in [0.15, 0.2) is 6.61 Å². The molecule has 5 fully saturated rings. The van der Waals surface area contributed by atoms with Crippen LogP contribution in [0.25, 0.3) is 0 Å². The van der Waals surface area contributed by atoms with E-state index in [1.165, 1.54) is 0 Å². The number of hydrogen-bond acceptors (Lipinski definition) is 8. The zero-order valence-electron chi connectivity index (χ0n) is 16.6. The average molecular weight is 430 g/mol. The third-order valence-electron chi connectivity index (χ3n) is 6.70. The van der Waals surface area contributed by atoms with Crippen molar-refractivity contribution in [2.75, 3.05) is 13.2 Å². The molecule has 4 saturated carbocycles. The van der Waals surface area contributed by atoms with E-state index in [4.69, 9.17) is 18.9 Å². The van der Waals surface area contributed by atoms with Crippen molar-refractivity contribution in [1.29, 1.82) is 0 Å². The third kappa shape index (κ3) is 3.88. The van der Waals surface area contributed by atoms with Crippen LogP contribution in [0, 0.1) is 23.2 Å². The summed E-state index contributed by atoms with van der Waals surface area (Å²) in [7, 11) is 0. The maximum absolute atomic E-state index is 13.3. The van der Waals surface area contributed by atoms with Gasteiger partial charge in [0.2, 0.25) is 6.10 Å². The Morgan fingerprint density at radius 3 is 2.37 bits per heavy atom. The summed E-state index contributed by atoms with van der Waals surface area (Å²) >= 11 is 0. The maximum atomic E-state index is 13.3. The molecule has 0 aromatic rings. The van der Waals surface area contributed by atoms with Crippen LogP contribution >= 0.6 is 0 Å². The topological polar surface area (TPSA) is 105 Å². The number of hydrogen-bond donors (Lipinski definition) is 0. The monoisotopic (exact) mass is 430 g/mol. The zero-order valence-corrected chi connectivity index (χ0v) is 16.6. The van der Waals surface area contributed by atoms with Gasteiger partial charge < -0.3 is 18.9 Å². The number of halogens is 2. The molecule has 30 heavy (non-hydrogen) atoms. The number of carbonyl (C=O) groups excluding carboxylic acids is 4. The Morgan fingerprint density at radius 1 is 1.13 bits per heavy atom. The molecule has 4 bridgehead atoms. The normalized spacial score (nSPS) is 36.9. The van der Waals surface area contributed by atoms with Gasteiger partial charge in [-0.25, -0.2) is 14.4 Å². The van der Waals surface area contributed by atoms with E-state index in [2.05, 4.69) is 0 Å². The zero-order chi connectivity index (χ0) is 21.7. The average Bonchev–Trinajstić information content (AvgIpc) is 3.05. The molecule has 4 aliphatic carbocycles. The summed E-state index contributed by atoms with van der Waals surface area (Å²) in [5.41, 5.74) is -0.805. The van der Waals surface area contributed by atoms with E-state index in [0.717, 1.165) is 0 Å². The molecule has 1 aliphatic heterocycles. The van der Waals surface area contributed by atoms with E-state index < -0.39 is 54.0 Å². The molecule has 10 heteroatoms. The van der Waals surface area contributed by atoms with Crippen molar-refractivity contribution in [3.63, 3.8) is 0 Å². The second-order valence-electron chi connectivity index (χ2n) is 9.02. The van der Waals surface area contributed by atoms with Crippen LogP contribution in [-0.4, -0.2) is 55.2 Å². The van der Waals surface area contributed by atoms with Gasteiger partial charge in [-0.2, -0.15) is 8.78 Å². The van der Waals surface area contributed by atoms with Crippen molar-refractivity contribution in [2.45, 2.75) is 63.6 Å². The highest BCUT2D eigenvalue weighted by Crippen LogP contribution is 2.61. The molecular weight excluding hydrogens is 406 g/mol. The summed E-state index contributed by atoms with van der Waals surface area (Å²) in [6.07, 6.45) is 1.45. The van der Waals surface area contributed by atoms with E-state index in [9.17, 15) is 28.0 Å². The standard InChI is InChI=1S/C20H24F2O8/c1-19(21,22)17(25)30-15-11-4-10-5-12(15)8-20(6-10,7-11)18(26)28-9-14(23)29-13-2-3-27-16(13)24/h10-13,15H,2-9H2,1H3. The molecule has 1 heterocycles. The van der Waals surface area contributed by atoms with Crippen LogP contribution in [0.15, 0.2) is 0 Å². The van der Waals surface area contributed by atoms with Crippen LogP contribution in [0.4, 0.5) is 8.78 Å². The second-order valence-corrected chi connectivity index (χ2v) is 9.02. The number of carbonyl (C=O) groups is 4. The van der Waals surface area contributed by atoms with Gasteiger partial charge in [-0.05, 0) is 49.9 Å². The molecule has 5 aliphatic rings. The third-order valence-corrected chi connectivity index (χ3v) is 6.70. The molecule has 0 aromatic heterocycles. The number of ether oxygens (including phenoxy) is 4. The first kappa shape index (κ1) is 21.0. The van der Waals surface area contributed by atoms with Gasteiger partial charge >= 0.3 is 29.8 Å². The van der Waals surface area contributed by atoms with Crippen LogP contribution < -0.4 is 0 Å². The van der Waals surface area contributed by atoms with E-state index in [-0.39, 0.29) is 30.8 Å². The van der Waals surface area contributed by atoms with Crippen LogP contribution in [0.5, 0.6) is 0 Å². The highest BCUT2D eigenvalue weighted by atomic mass is 19.3. The second kappa shape index (κ2) is 7.46. The lowest BCUT2D eigenvalue weighted by atomic mass is 9.48. The number of alkyl halides is 2. The lowest BCUT2D eigenvalue weighted by Gasteiger charge is -2.57. The Hall–Kier alpha value is -2.26. The van der Waals surface area contributed by atoms with Gasteiger partial charge in [-0.1, -0.05) is 0 Å². The Labute approximate surface area is 171 Å². The number of rotatable bonds is 6. The van der Waals surface area contributed by atoms with Crippen LogP contribution in [0.1, 0.15) is 45.4 Å². The molecular formula is C20H24F2O8. The Morgan fingerprint density at radius 2 is 1.80 bits per heavy atom. The van der Waals surface area contributed by atoms with E-state index >= 15 is 0 Å². The molecule has 0 spiro atoms. The van der Waals surface area contributed by atoms with Crippen molar-refractivity contribution >= 4 is 23.9 Å². The van der Waals surface area contributed by atoms with Gasteiger partial charge in [0.25, 0.3) is 0 Å². The van der Waals surface area contributed by atoms with Gasteiger partial charge in [-0.3, -0.25) is 4.79 Å². The fourth-order valence-electron chi connectivity index (χ4n) is 5.70. The molecule has 1 saturated heterocycles. The smallest absolute Gasteiger partial charge is 0.376 e. The van der Waals surface area contributed by atoms with Crippen LogP contribution in [0.2, 0.25) is 0 Å². The molecule has 8 nitrogen and oxygen atoms in total. The summed E-state index contributed by atoms with van der Waals surface area (Å²) in [6, 6.07) is 0. The van der Waals surface area contributed by atoms with Crippen molar-refractivity contribution in [2.24, 2.45) is 23.2 Å². The fraction of sp³-hybridized carbons (Fsp3) is 0.800. The molecule has 3 unspecified atom stereocenters. The van der Waals surface area contributed by atoms with Gasteiger partial charge in [0.05, 0.1) is 12.0 Å². The first-order valence-corrected chi connectivity index (χ1v) is 10.2. The summed E-state index contributed by atoms with van der Waals surface area (Å²) < 4.78 is 46.5. The summed E-state index contributed by atoms with van der Waals surface area (Å²) in [4.78, 5) is 47.8. The quantitative estimate of drug-likeness (QED) is 0.464. The predicted octanol–water partition coefficient (Wildman–Crippen LogP) is 1.78. The Kier molecular flexibility index (Phi) is 5.22. The van der Waals surface area contributed by atoms with E-state index in [1.807, 2.05) is 0 Å². The largest absolute Gasteiger partial charge is 0.463 e. The van der Waals surface area contributed by atoms with Crippen LogP contribution in [0.3, 0.4) is 0 Å². The fourth-order valence-corrected chi connectivity index (χ4v) is 5.70. The SMILES string of the molecule is CC(F)(F)C(=O)OC1C2CC3CC1CC(C(=O)OCC(=O)OC1CCOC1=O)(C3)C2. The lowest BCUT2D eigenvalue weighted by Crippen LogP contribution is -2.58. The van der Waals surface area contributed by atoms with Crippen molar-refractivity contribution < 1.29 is 46.9 Å². The summed E-state index contributed by atoms with van der Waals surface area (Å²) in [6.45, 7) is 0.0823. The molecule has 3 atom stereocenters. The van der Waals surface area contributed by atoms with E-state index in [0.29, 0.717) is 39.0 Å². The van der Waals surface area contributed by atoms with Gasteiger partial charge in [-0.15, -0.1) is 0 Å². The minimum Gasteiger partial charge on any atom is -0.463 e. The number of cyclic esters (lactones) is 1. The van der Waals surface area contributed by atoms with Crippen molar-refractivity contribution in [3.05, 3.63) is 0 Å². The highest BCUT2D eigenvalue weighted by Gasteiger charge is 2.61.